The van der Waals surface area contributed by atoms with E-state index in [4.69, 9.17) is 5.84 Å². The number of hydrazine groups is 1. The highest BCUT2D eigenvalue weighted by Crippen LogP contribution is 2.19. The first-order valence-electron chi connectivity index (χ1n) is 4.84. The monoisotopic (exact) mass is 206 g/mol. The molecule has 0 aromatic heterocycles. The van der Waals surface area contributed by atoms with Gasteiger partial charge in [0.05, 0.1) is 0 Å². The Morgan fingerprint density at radius 2 is 2.07 bits per heavy atom. The van der Waals surface area contributed by atoms with Gasteiger partial charge in [-0.3, -0.25) is 10.4 Å². The second kappa shape index (κ2) is 4.79. The zero-order chi connectivity index (χ0) is 11.4. The summed E-state index contributed by atoms with van der Waals surface area (Å²) in [6.07, 6.45) is 0. The highest BCUT2D eigenvalue weighted by atomic mass is 15.4. The van der Waals surface area contributed by atoms with Crippen molar-refractivity contribution in [2.75, 3.05) is 19.0 Å². The Hall–Kier alpha value is -1.55. The van der Waals surface area contributed by atoms with Crippen LogP contribution in [-0.2, 0) is 0 Å². The minimum Gasteiger partial charge on any atom is -0.314 e. The third kappa shape index (κ3) is 2.47. The van der Waals surface area contributed by atoms with Gasteiger partial charge in [-0.1, -0.05) is 17.7 Å². The van der Waals surface area contributed by atoms with Crippen molar-refractivity contribution in [3.8, 4) is 0 Å². The number of hydrogen-bond donors (Lipinski definition) is 2. The predicted octanol–water partition coefficient (Wildman–Crippen LogP) is 1.19. The largest absolute Gasteiger partial charge is 0.314 e. The van der Waals surface area contributed by atoms with Crippen LogP contribution in [0.15, 0.2) is 23.2 Å². The lowest BCUT2D eigenvalue weighted by Gasteiger charge is -2.22. The Balaban J connectivity index is 3.06. The van der Waals surface area contributed by atoms with Crippen molar-refractivity contribution in [1.29, 1.82) is 0 Å². The molecule has 15 heavy (non-hydrogen) atoms. The maximum absolute atomic E-state index is 5.38. The highest BCUT2D eigenvalue weighted by Gasteiger charge is 2.08. The molecular formula is C11H18N4. The van der Waals surface area contributed by atoms with E-state index < -0.39 is 0 Å². The van der Waals surface area contributed by atoms with Gasteiger partial charge in [-0.25, -0.2) is 5.84 Å². The fourth-order valence-electron chi connectivity index (χ4n) is 1.61. The summed E-state index contributed by atoms with van der Waals surface area (Å²) in [5.41, 5.74) is 6.12. The van der Waals surface area contributed by atoms with E-state index in [-0.39, 0.29) is 0 Å². The Bertz CT molecular complexity index is 371. The van der Waals surface area contributed by atoms with Crippen LogP contribution in [-0.4, -0.2) is 20.1 Å². The molecule has 0 bridgehead atoms. The van der Waals surface area contributed by atoms with Crippen molar-refractivity contribution >= 4 is 11.6 Å². The van der Waals surface area contributed by atoms with Gasteiger partial charge in [0, 0.05) is 19.8 Å². The summed E-state index contributed by atoms with van der Waals surface area (Å²) in [5, 5.41) is 0. The van der Waals surface area contributed by atoms with E-state index in [0.29, 0.717) is 5.96 Å². The van der Waals surface area contributed by atoms with Gasteiger partial charge in [0.2, 0.25) is 5.96 Å². The molecule has 82 valence electrons. The van der Waals surface area contributed by atoms with Gasteiger partial charge < -0.3 is 4.90 Å². The molecule has 1 rings (SSSR count). The van der Waals surface area contributed by atoms with Gasteiger partial charge in [0.1, 0.15) is 0 Å². The Labute approximate surface area is 90.8 Å². The Morgan fingerprint density at radius 1 is 1.40 bits per heavy atom. The van der Waals surface area contributed by atoms with Crippen LogP contribution in [0, 0.1) is 13.8 Å². The van der Waals surface area contributed by atoms with Crippen molar-refractivity contribution in [3.63, 3.8) is 0 Å². The number of anilines is 1. The predicted molar refractivity (Wildman–Crippen MR) is 65.0 cm³/mol. The van der Waals surface area contributed by atoms with Gasteiger partial charge in [0.15, 0.2) is 0 Å². The zero-order valence-electron chi connectivity index (χ0n) is 9.70. The van der Waals surface area contributed by atoms with Crippen LogP contribution in [0.2, 0.25) is 0 Å². The summed E-state index contributed by atoms with van der Waals surface area (Å²) in [5.74, 6) is 6.02. The first kappa shape index (κ1) is 11.5. The zero-order valence-corrected chi connectivity index (χ0v) is 9.70. The lowest BCUT2D eigenvalue weighted by molar-refractivity contribution is 0.969. The van der Waals surface area contributed by atoms with Crippen molar-refractivity contribution < 1.29 is 0 Å². The smallest absolute Gasteiger partial charge is 0.212 e. The maximum Gasteiger partial charge on any atom is 0.212 e. The van der Waals surface area contributed by atoms with E-state index in [2.05, 4.69) is 42.5 Å². The van der Waals surface area contributed by atoms with Gasteiger partial charge in [-0.15, -0.1) is 0 Å². The summed E-state index contributed by atoms with van der Waals surface area (Å²) < 4.78 is 0. The molecule has 0 fully saturated rings. The molecule has 0 aliphatic rings. The minimum atomic E-state index is 0.641. The van der Waals surface area contributed by atoms with Gasteiger partial charge in [-0.05, 0) is 25.5 Å². The lowest BCUT2D eigenvalue weighted by Crippen LogP contribution is -2.43. The van der Waals surface area contributed by atoms with Gasteiger partial charge >= 0.3 is 0 Å². The number of nitrogens with zero attached hydrogens (tertiary/aromatic N) is 2. The fraction of sp³-hybridized carbons (Fsp3) is 0.364. The van der Waals surface area contributed by atoms with Crippen LogP contribution in [0.25, 0.3) is 0 Å². The second-order valence-electron chi connectivity index (χ2n) is 3.54. The van der Waals surface area contributed by atoms with E-state index in [1.54, 1.807) is 7.05 Å². The van der Waals surface area contributed by atoms with E-state index >= 15 is 0 Å². The number of nitrogens with one attached hydrogen (secondary N) is 1. The van der Waals surface area contributed by atoms with E-state index in [9.17, 15) is 0 Å². The van der Waals surface area contributed by atoms with Crippen molar-refractivity contribution in [3.05, 3.63) is 29.3 Å². The summed E-state index contributed by atoms with van der Waals surface area (Å²) >= 11 is 0. The third-order valence-electron chi connectivity index (χ3n) is 2.37. The molecule has 4 heteroatoms. The fourth-order valence-corrected chi connectivity index (χ4v) is 1.61. The number of benzene rings is 1. The van der Waals surface area contributed by atoms with E-state index in [1.807, 2.05) is 11.9 Å². The normalized spacial score (nSPS) is 11.4. The number of aryl methyl sites for hydroxylation is 2. The average molecular weight is 206 g/mol. The number of guanidine groups is 1. The van der Waals surface area contributed by atoms with Crippen LogP contribution in [0.1, 0.15) is 11.1 Å². The summed E-state index contributed by atoms with van der Waals surface area (Å²) in [6, 6.07) is 6.27. The van der Waals surface area contributed by atoms with Crippen molar-refractivity contribution in [2.45, 2.75) is 13.8 Å². The molecule has 0 amide bonds. The van der Waals surface area contributed by atoms with E-state index in [0.717, 1.165) is 5.69 Å². The molecule has 0 unspecified atom stereocenters. The molecular weight excluding hydrogens is 188 g/mol. The Morgan fingerprint density at radius 3 is 2.53 bits per heavy atom. The SMILES string of the molecule is CN=C(NN)N(C)c1ccc(C)cc1C. The Kier molecular flexibility index (Phi) is 3.68. The van der Waals surface area contributed by atoms with Gasteiger partial charge in [-0.2, -0.15) is 0 Å². The summed E-state index contributed by atoms with van der Waals surface area (Å²) in [6.45, 7) is 4.15. The summed E-state index contributed by atoms with van der Waals surface area (Å²) in [4.78, 5) is 5.98. The van der Waals surface area contributed by atoms with Crippen molar-refractivity contribution in [1.82, 2.24) is 5.43 Å². The molecule has 0 aliphatic carbocycles. The minimum absolute atomic E-state index is 0.641. The molecule has 0 saturated carbocycles. The summed E-state index contributed by atoms with van der Waals surface area (Å²) in [7, 11) is 3.63. The number of aliphatic imine (C=N–C) groups is 1. The molecule has 0 saturated heterocycles. The quantitative estimate of drug-likeness (QED) is 0.314. The van der Waals surface area contributed by atoms with Crippen LogP contribution < -0.4 is 16.2 Å². The molecule has 0 atom stereocenters. The maximum atomic E-state index is 5.38. The highest BCUT2D eigenvalue weighted by molar-refractivity contribution is 5.95. The third-order valence-corrected chi connectivity index (χ3v) is 2.37. The topological polar surface area (TPSA) is 53.6 Å². The van der Waals surface area contributed by atoms with Crippen LogP contribution >= 0.6 is 0 Å². The molecule has 4 nitrogen and oxygen atoms in total. The number of rotatable bonds is 1. The van der Waals surface area contributed by atoms with Crippen LogP contribution in [0.4, 0.5) is 5.69 Å². The molecule has 3 N–H and O–H groups in total. The van der Waals surface area contributed by atoms with Gasteiger partial charge in [0.25, 0.3) is 0 Å². The van der Waals surface area contributed by atoms with E-state index in [1.165, 1.54) is 11.1 Å². The number of hydrogen-bond acceptors (Lipinski definition) is 2. The molecule has 0 aliphatic heterocycles. The molecule has 0 spiro atoms. The van der Waals surface area contributed by atoms with Crippen LogP contribution in [0.5, 0.6) is 0 Å². The second-order valence-corrected chi connectivity index (χ2v) is 3.54. The molecule has 1 aromatic carbocycles. The molecule has 1 aromatic rings. The lowest BCUT2D eigenvalue weighted by atomic mass is 10.1. The first-order chi connectivity index (χ1) is 7.10. The van der Waals surface area contributed by atoms with Crippen molar-refractivity contribution in [2.24, 2.45) is 10.8 Å². The molecule has 0 radical (unpaired) electrons. The average Bonchev–Trinajstić information content (AvgIpc) is 2.19. The van der Waals surface area contributed by atoms with Crippen LogP contribution in [0.3, 0.4) is 0 Å². The standard InChI is InChI=1S/C11H18N4/c1-8-5-6-10(9(2)7-8)15(4)11(13-3)14-12/h5-7H,12H2,1-4H3,(H,13,14). The first-order valence-corrected chi connectivity index (χ1v) is 4.84. The molecule has 0 heterocycles. The number of nitrogens with two attached hydrogens (primary N) is 1.